The second kappa shape index (κ2) is 4.06. The number of halogens is 2. The lowest BCUT2D eigenvalue weighted by atomic mass is 10.3. The summed E-state index contributed by atoms with van der Waals surface area (Å²) in [5.41, 5.74) is -1.83. The number of hydrogen-bond donors (Lipinski definition) is 1. The molecule has 1 aromatic heterocycles. The molecule has 88 valence electrons. The number of rotatable bonds is 3. The summed E-state index contributed by atoms with van der Waals surface area (Å²) >= 11 is 0. The molecular weight excluding hydrogens is 248 g/mol. The number of primary sulfonamides is 1. The van der Waals surface area contributed by atoms with Gasteiger partial charge in [-0.15, -0.1) is 0 Å². The van der Waals surface area contributed by atoms with E-state index in [0.717, 1.165) is 0 Å². The van der Waals surface area contributed by atoms with E-state index in [-0.39, 0.29) is 0 Å². The van der Waals surface area contributed by atoms with Crippen LogP contribution in [-0.2, 0) is 10.0 Å². The molecule has 7 nitrogen and oxygen atoms in total. The van der Waals surface area contributed by atoms with Gasteiger partial charge >= 0.3 is 0 Å². The van der Waals surface area contributed by atoms with Crippen LogP contribution in [0.25, 0.3) is 0 Å². The van der Waals surface area contributed by atoms with E-state index >= 15 is 0 Å². The van der Waals surface area contributed by atoms with E-state index in [4.69, 9.17) is 0 Å². The van der Waals surface area contributed by atoms with Crippen LogP contribution < -0.4 is 5.14 Å². The highest BCUT2D eigenvalue weighted by atomic mass is 32.2. The normalized spacial score (nSPS) is 11.8. The minimum absolute atomic E-state index is 0.485. The fourth-order valence-corrected chi connectivity index (χ4v) is 1.39. The quantitative estimate of drug-likeness (QED) is 0.624. The predicted octanol–water partition coefficient (Wildman–Crippen LogP) is 0.575. The first-order chi connectivity index (χ1) is 7.21. The fourth-order valence-electron chi connectivity index (χ4n) is 0.874. The Morgan fingerprint density at radius 3 is 2.38 bits per heavy atom. The third-order valence-electron chi connectivity index (χ3n) is 1.53. The summed E-state index contributed by atoms with van der Waals surface area (Å²) in [5.74, 6) is 0. The van der Waals surface area contributed by atoms with Crippen molar-refractivity contribution in [2.45, 2.75) is 11.5 Å². The Bertz CT molecular complexity index is 531. The van der Waals surface area contributed by atoms with Crippen LogP contribution in [0.4, 0.5) is 14.5 Å². The van der Waals surface area contributed by atoms with Crippen LogP contribution in [0.15, 0.2) is 17.2 Å². The highest BCUT2D eigenvalue weighted by molar-refractivity contribution is 7.89. The molecule has 0 unspecified atom stereocenters. The van der Waals surface area contributed by atoms with Crippen molar-refractivity contribution in [3.63, 3.8) is 0 Å². The molecule has 2 N–H and O–H groups in total. The summed E-state index contributed by atoms with van der Waals surface area (Å²) in [4.78, 5) is 12.4. The number of pyridine rings is 1. The monoisotopic (exact) mass is 253 g/mol. The van der Waals surface area contributed by atoms with Gasteiger partial charge in [-0.05, 0) is 0 Å². The van der Waals surface area contributed by atoms with Crippen molar-refractivity contribution in [2.24, 2.45) is 5.14 Å². The lowest BCUT2D eigenvalue weighted by Gasteiger charge is -2.02. The van der Waals surface area contributed by atoms with Crippen molar-refractivity contribution in [1.82, 2.24) is 4.98 Å². The minimum Gasteiger partial charge on any atom is -0.258 e. The summed E-state index contributed by atoms with van der Waals surface area (Å²) in [6.07, 6.45) is -3.12. The van der Waals surface area contributed by atoms with Crippen LogP contribution in [0.1, 0.15) is 12.1 Å². The van der Waals surface area contributed by atoms with Crippen molar-refractivity contribution in [2.75, 3.05) is 0 Å². The number of sulfonamides is 1. The summed E-state index contributed by atoms with van der Waals surface area (Å²) in [7, 11) is -4.36. The molecule has 10 heteroatoms. The van der Waals surface area contributed by atoms with E-state index in [1.54, 1.807) is 0 Å². The van der Waals surface area contributed by atoms with Crippen molar-refractivity contribution in [3.8, 4) is 0 Å². The standard InChI is InChI=1S/C6H5F2N3O4S/c7-6(8)4-1-3(11(12)13)2-5(10-4)16(9,14)15/h1-2,6H,(H2,9,14,15). The molecule has 0 saturated carbocycles. The Labute approximate surface area is 88.1 Å². The fraction of sp³-hybridized carbons (Fsp3) is 0.167. The van der Waals surface area contributed by atoms with Crippen LogP contribution in [0, 0.1) is 10.1 Å². The highest BCUT2D eigenvalue weighted by Gasteiger charge is 2.21. The topological polar surface area (TPSA) is 116 Å². The number of nitro groups is 1. The lowest BCUT2D eigenvalue weighted by molar-refractivity contribution is -0.385. The van der Waals surface area contributed by atoms with Gasteiger partial charge in [0, 0.05) is 6.07 Å². The third kappa shape index (κ3) is 2.67. The van der Waals surface area contributed by atoms with E-state index in [1.807, 2.05) is 0 Å². The van der Waals surface area contributed by atoms with Gasteiger partial charge in [-0.1, -0.05) is 0 Å². The Balaban J connectivity index is 3.48. The second-order valence-corrected chi connectivity index (χ2v) is 4.20. The summed E-state index contributed by atoms with van der Waals surface area (Å²) in [5, 5.41) is 14.0. The van der Waals surface area contributed by atoms with Gasteiger partial charge in [0.15, 0.2) is 5.03 Å². The number of nitrogens with zero attached hydrogens (tertiary/aromatic N) is 2. The first-order valence-electron chi connectivity index (χ1n) is 3.69. The van der Waals surface area contributed by atoms with Crippen LogP contribution in [0.5, 0.6) is 0 Å². The molecule has 0 spiro atoms. The molecule has 0 radical (unpaired) electrons. The Kier molecular flexibility index (Phi) is 3.14. The summed E-state index contributed by atoms with van der Waals surface area (Å²) in [6.45, 7) is 0. The molecule has 1 heterocycles. The maximum Gasteiger partial charge on any atom is 0.280 e. The minimum atomic E-state index is -4.36. The molecule has 16 heavy (non-hydrogen) atoms. The van der Waals surface area contributed by atoms with E-state index in [0.29, 0.717) is 12.1 Å². The second-order valence-electron chi connectivity index (χ2n) is 2.69. The largest absolute Gasteiger partial charge is 0.280 e. The molecular formula is C6H5F2N3O4S. The number of aromatic nitrogens is 1. The van der Waals surface area contributed by atoms with Crippen LogP contribution in [0.3, 0.4) is 0 Å². The van der Waals surface area contributed by atoms with Crippen molar-refractivity contribution < 1.29 is 22.1 Å². The average Bonchev–Trinajstić information content (AvgIpc) is 2.15. The Hall–Kier alpha value is -1.68. The molecule has 0 saturated heterocycles. The first-order valence-corrected chi connectivity index (χ1v) is 5.24. The van der Waals surface area contributed by atoms with Gasteiger partial charge in [-0.25, -0.2) is 27.3 Å². The van der Waals surface area contributed by atoms with Crippen LogP contribution in [-0.4, -0.2) is 18.3 Å². The smallest absolute Gasteiger partial charge is 0.258 e. The predicted molar refractivity (Wildman–Crippen MR) is 47.2 cm³/mol. The summed E-state index contributed by atoms with van der Waals surface area (Å²) in [6, 6.07) is 1.00. The number of alkyl halides is 2. The van der Waals surface area contributed by atoms with E-state index in [2.05, 4.69) is 10.1 Å². The van der Waals surface area contributed by atoms with Crippen LogP contribution >= 0.6 is 0 Å². The molecule has 1 rings (SSSR count). The van der Waals surface area contributed by atoms with Crippen molar-refractivity contribution in [3.05, 3.63) is 27.9 Å². The molecule has 1 aromatic rings. The molecule has 0 bridgehead atoms. The van der Waals surface area contributed by atoms with E-state index in [9.17, 15) is 27.3 Å². The molecule has 0 aromatic carbocycles. The maximum atomic E-state index is 12.3. The average molecular weight is 253 g/mol. The van der Waals surface area contributed by atoms with E-state index < -0.39 is 37.8 Å². The molecule has 0 aliphatic rings. The van der Waals surface area contributed by atoms with Gasteiger partial charge in [0.05, 0.1) is 11.0 Å². The zero-order valence-electron chi connectivity index (χ0n) is 7.50. The highest BCUT2D eigenvalue weighted by Crippen LogP contribution is 2.23. The van der Waals surface area contributed by atoms with Gasteiger partial charge in [-0.2, -0.15) is 0 Å². The summed E-state index contributed by atoms with van der Waals surface area (Å²) < 4.78 is 46.2. The molecule has 0 amide bonds. The van der Waals surface area contributed by atoms with Gasteiger partial charge in [0.2, 0.25) is 0 Å². The van der Waals surface area contributed by atoms with Crippen LogP contribution in [0.2, 0.25) is 0 Å². The van der Waals surface area contributed by atoms with Gasteiger partial charge < -0.3 is 0 Å². The van der Waals surface area contributed by atoms with Gasteiger partial charge in [0.1, 0.15) is 5.69 Å². The number of nitrogens with two attached hydrogens (primary N) is 1. The maximum absolute atomic E-state index is 12.3. The zero-order chi connectivity index (χ0) is 12.5. The first kappa shape index (κ1) is 12.4. The SMILES string of the molecule is NS(=O)(=O)c1cc([N+](=O)[O-])cc(C(F)F)n1. The lowest BCUT2D eigenvalue weighted by Crippen LogP contribution is -2.15. The zero-order valence-corrected chi connectivity index (χ0v) is 8.32. The number of hydrogen-bond acceptors (Lipinski definition) is 5. The Morgan fingerprint density at radius 2 is 2.00 bits per heavy atom. The molecule has 0 fully saturated rings. The molecule has 0 aliphatic heterocycles. The third-order valence-corrected chi connectivity index (χ3v) is 2.32. The Morgan fingerprint density at radius 1 is 1.44 bits per heavy atom. The van der Waals surface area contributed by atoms with Crippen molar-refractivity contribution in [1.29, 1.82) is 0 Å². The molecule has 0 aliphatic carbocycles. The van der Waals surface area contributed by atoms with Gasteiger partial charge in [-0.3, -0.25) is 10.1 Å². The van der Waals surface area contributed by atoms with Crippen molar-refractivity contribution >= 4 is 15.7 Å². The van der Waals surface area contributed by atoms with E-state index in [1.165, 1.54) is 0 Å². The van der Waals surface area contributed by atoms with Gasteiger partial charge in [0.25, 0.3) is 22.1 Å². The molecule has 0 atom stereocenters.